The van der Waals surface area contributed by atoms with Crippen LogP contribution in [0.1, 0.15) is 58.1 Å². The first-order chi connectivity index (χ1) is 14.8. The standard InChI is InChI=1S/C26H28O5/c1-5-23-16(2)24(14-15-25(23)29)26(19-6-10-21(11-7-19)30-17(3)27)20-8-12-22(13-9-20)31-18(4)28/h6-13,16,23H,5,14-15H2,1-4H3. The monoisotopic (exact) mass is 420 g/mol. The summed E-state index contributed by atoms with van der Waals surface area (Å²) in [6.07, 6.45) is 2.07. The van der Waals surface area contributed by atoms with Gasteiger partial charge in [-0.25, -0.2) is 0 Å². The highest BCUT2D eigenvalue weighted by molar-refractivity contribution is 5.88. The maximum atomic E-state index is 12.5. The van der Waals surface area contributed by atoms with Gasteiger partial charge in [0.15, 0.2) is 0 Å². The van der Waals surface area contributed by atoms with Crippen LogP contribution in [0.5, 0.6) is 11.5 Å². The first-order valence-corrected chi connectivity index (χ1v) is 10.6. The number of ether oxygens (including phenoxy) is 2. The predicted molar refractivity (Wildman–Crippen MR) is 119 cm³/mol. The molecule has 0 amide bonds. The second-order valence-corrected chi connectivity index (χ2v) is 7.91. The van der Waals surface area contributed by atoms with Gasteiger partial charge in [0.05, 0.1) is 0 Å². The molecule has 5 nitrogen and oxygen atoms in total. The number of hydrogen-bond acceptors (Lipinski definition) is 5. The van der Waals surface area contributed by atoms with Gasteiger partial charge in [-0.05, 0) is 59.7 Å². The molecule has 0 spiro atoms. The Hall–Kier alpha value is -3.21. The molecular formula is C26H28O5. The summed E-state index contributed by atoms with van der Waals surface area (Å²) < 4.78 is 10.3. The van der Waals surface area contributed by atoms with Crippen LogP contribution in [0.15, 0.2) is 54.1 Å². The van der Waals surface area contributed by atoms with Gasteiger partial charge in [-0.3, -0.25) is 14.4 Å². The first-order valence-electron chi connectivity index (χ1n) is 10.6. The molecule has 0 N–H and O–H groups in total. The third kappa shape index (κ3) is 5.29. The third-order valence-electron chi connectivity index (χ3n) is 5.78. The summed E-state index contributed by atoms with van der Waals surface area (Å²) in [7, 11) is 0. The maximum Gasteiger partial charge on any atom is 0.308 e. The lowest BCUT2D eigenvalue weighted by atomic mass is 9.71. The van der Waals surface area contributed by atoms with E-state index in [0.29, 0.717) is 30.1 Å². The highest BCUT2D eigenvalue weighted by Crippen LogP contribution is 2.41. The second kappa shape index (κ2) is 9.73. The Balaban J connectivity index is 2.09. The fraction of sp³-hybridized carbons (Fsp3) is 0.346. The molecule has 5 heteroatoms. The number of carbonyl (C=O) groups excluding carboxylic acids is 3. The van der Waals surface area contributed by atoms with Crippen LogP contribution in [0.3, 0.4) is 0 Å². The molecule has 0 aliphatic heterocycles. The van der Waals surface area contributed by atoms with Crippen molar-refractivity contribution in [3.05, 3.63) is 65.2 Å². The number of ketones is 1. The Morgan fingerprint density at radius 3 is 1.68 bits per heavy atom. The summed E-state index contributed by atoms with van der Waals surface area (Å²) in [4.78, 5) is 35.0. The van der Waals surface area contributed by atoms with Crippen LogP contribution in [-0.4, -0.2) is 17.7 Å². The normalized spacial score (nSPS) is 18.5. The number of allylic oxidation sites excluding steroid dienone is 1. The van der Waals surface area contributed by atoms with Gasteiger partial charge < -0.3 is 9.47 Å². The number of benzene rings is 2. The Morgan fingerprint density at radius 2 is 1.29 bits per heavy atom. The number of Topliss-reactive ketones (excluding diaryl/α,β-unsaturated/α-hetero) is 1. The van der Waals surface area contributed by atoms with Crippen molar-refractivity contribution in [3.63, 3.8) is 0 Å². The van der Waals surface area contributed by atoms with Crippen molar-refractivity contribution in [2.24, 2.45) is 11.8 Å². The van der Waals surface area contributed by atoms with E-state index in [2.05, 4.69) is 13.8 Å². The summed E-state index contributed by atoms with van der Waals surface area (Å²) in [6, 6.07) is 14.9. The summed E-state index contributed by atoms with van der Waals surface area (Å²) in [5.74, 6) is 0.721. The van der Waals surface area contributed by atoms with Crippen LogP contribution in [0.4, 0.5) is 0 Å². The average molecular weight is 421 g/mol. The van der Waals surface area contributed by atoms with E-state index in [9.17, 15) is 14.4 Å². The molecular weight excluding hydrogens is 392 g/mol. The number of esters is 2. The molecule has 31 heavy (non-hydrogen) atoms. The van der Waals surface area contributed by atoms with Crippen molar-refractivity contribution in [1.82, 2.24) is 0 Å². The van der Waals surface area contributed by atoms with Gasteiger partial charge in [-0.1, -0.05) is 43.7 Å². The Kier molecular flexibility index (Phi) is 7.06. The molecule has 1 saturated carbocycles. The van der Waals surface area contributed by atoms with Gasteiger partial charge >= 0.3 is 11.9 Å². The van der Waals surface area contributed by atoms with E-state index < -0.39 is 0 Å². The molecule has 0 saturated heterocycles. The zero-order chi connectivity index (χ0) is 22.5. The number of carbonyl (C=O) groups is 3. The van der Waals surface area contributed by atoms with Gasteiger partial charge in [0.2, 0.25) is 0 Å². The number of hydrogen-bond donors (Lipinski definition) is 0. The largest absolute Gasteiger partial charge is 0.427 e. The van der Waals surface area contributed by atoms with Crippen LogP contribution in [-0.2, 0) is 14.4 Å². The zero-order valence-corrected chi connectivity index (χ0v) is 18.4. The van der Waals surface area contributed by atoms with Gasteiger partial charge in [-0.2, -0.15) is 0 Å². The van der Waals surface area contributed by atoms with E-state index in [1.54, 1.807) is 24.3 Å². The van der Waals surface area contributed by atoms with Crippen LogP contribution >= 0.6 is 0 Å². The van der Waals surface area contributed by atoms with E-state index in [1.807, 2.05) is 24.3 Å². The van der Waals surface area contributed by atoms with Gasteiger partial charge in [-0.15, -0.1) is 0 Å². The molecule has 0 bridgehead atoms. The molecule has 0 radical (unpaired) electrons. The van der Waals surface area contributed by atoms with E-state index in [0.717, 1.165) is 23.1 Å². The fourth-order valence-corrected chi connectivity index (χ4v) is 4.38. The molecule has 0 heterocycles. The average Bonchev–Trinajstić information content (AvgIpc) is 2.72. The minimum atomic E-state index is -0.363. The van der Waals surface area contributed by atoms with Crippen LogP contribution in [0.25, 0.3) is 5.57 Å². The summed E-state index contributed by atoms with van der Waals surface area (Å²) >= 11 is 0. The predicted octanol–water partition coefficient (Wildman–Crippen LogP) is 5.36. The Morgan fingerprint density at radius 1 is 0.839 bits per heavy atom. The molecule has 2 unspecified atom stereocenters. The molecule has 2 atom stereocenters. The van der Waals surface area contributed by atoms with Crippen LogP contribution in [0, 0.1) is 11.8 Å². The van der Waals surface area contributed by atoms with Crippen molar-refractivity contribution in [1.29, 1.82) is 0 Å². The van der Waals surface area contributed by atoms with E-state index in [1.165, 1.54) is 19.4 Å². The Bertz CT molecular complexity index is 938. The van der Waals surface area contributed by atoms with Gasteiger partial charge in [0.25, 0.3) is 0 Å². The van der Waals surface area contributed by atoms with E-state index in [-0.39, 0.29) is 23.8 Å². The minimum Gasteiger partial charge on any atom is -0.427 e. The molecule has 0 aromatic heterocycles. The molecule has 1 aliphatic rings. The van der Waals surface area contributed by atoms with Crippen molar-refractivity contribution in [2.45, 2.75) is 47.0 Å². The molecule has 1 aliphatic carbocycles. The lowest BCUT2D eigenvalue weighted by Gasteiger charge is -2.32. The topological polar surface area (TPSA) is 69.7 Å². The zero-order valence-electron chi connectivity index (χ0n) is 18.4. The van der Waals surface area contributed by atoms with Crippen molar-refractivity contribution >= 4 is 23.3 Å². The van der Waals surface area contributed by atoms with Crippen molar-refractivity contribution in [3.8, 4) is 11.5 Å². The molecule has 2 aromatic carbocycles. The minimum absolute atomic E-state index is 0.0133. The van der Waals surface area contributed by atoms with Crippen LogP contribution in [0.2, 0.25) is 0 Å². The van der Waals surface area contributed by atoms with Crippen molar-refractivity contribution in [2.75, 3.05) is 0 Å². The van der Waals surface area contributed by atoms with E-state index >= 15 is 0 Å². The number of rotatable bonds is 5. The van der Waals surface area contributed by atoms with Gasteiger partial charge in [0, 0.05) is 26.2 Å². The molecule has 162 valence electrons. The van der Waals surface area contributed by atoms with Gasteiger partial charge in [0.1, 0.15) is 17.3 Å². The molecule has 1 fully saturated rings. The van der Waals surface area contributed by atoms with Crippen molar-refractivity contribution < 1.29 is 23.9 Å². The summed E-state index contributed by atoms with van der Waals surface area (Å²) in [5, 5.41) is 0. The van der Waals surface area contributed by atoms with E-state index in [4.69, 9.17) is 9.47 Å². The maximum absolute atomic E-state index is 12.5. The lowest BCUT2D eigenvalue weighted by molar-refractivity contribution is -0.132. The SMILES string of the molecule is CCC1C(=O)CCC(=C(c2ccc(OC(C)=O)cc2)c2ccc(OC(C)=O)cc2)C1C. The Labute approximate surface area is 183 Å². The quantitative estimate of drug-likeness (QED) is 0.481. The summed E-state index contributed by atoms with van der Waals surface area (Å²) in [5.41, 5.74) is 4.29. The fourth-order valence-electron chi connectivity index (χ4n) is 4.38. The third-order valence-corrected chi connectivity index (χ3v) is 5.78. The lowest BCUT2D eigenvalue weighted by Crippen LogP contribution is -2.28. The smallest absolute Gasteiger partial charge is 0.308 e. The summed E-state index contributed by atoms with van der Waals surface area (Å²) in [6.45, 7) is 6.93. The first kappa shape index (κ1) is 22.5. The molecule has 2 aromatic rings. The highest BCUT2D eigenvalue weighted by atomic mass is 16.5. The van der Waals surface area contributed by atoms with Crippen LogP contribution < -0.4 is 9.47 Å². The highest BCUT2D eigenvalue weighted by Gasteiger charge is 2.32. The second-order valence-electron chi connectivity index (χ2n) is 7.91. The molecule has 3 rings (SSSR count).